The maximum absolute atomic E-state index is 12.4. The summed E-state index contributed by atoms with van der Waals surface area (Å²) in [6.07, 6.45) is -3.38. The molecular formula is C18H21F3N4O3. The molecular weight excluding hydrogens is 377 g/mol. The van der Waals surface area contributed by atoms with Crippen LogP contribution in [0.1, 0.15) is 23.1 Å². The van der Waals surface area contributed by atoms with E-state index in [-0.39, 0.29) is 11.9 Å². The van der Waals surface area contributed by atoms with Crippen molar-refractivity contribution in [1.29, 1.82) is 0 Å². The molecule has 28 heavy (non-hydrogen) atoms. The molecule has 10 heteroatoms. The molecule has 0 saturated heterocycles. The van der Waals surface area contributed by atoms with Crippen molar-refractivity contribution in [3.63, 3.8) is 0 Å². The van der Waals surface area contributed by atoms with Crippen molar-refractivity contribution in [2.24, 2.45) is 0 Å². The van der Waals surface area contributed by atoms with E-state index in [1.54, 1.807) is 6.20 Å². The number of alkyl halides is 3. The number of benzene rings is 1. The molecule has 1 heterocycles. The summed E-state index contributed by atoms with van der Waals surface area (Å²) in [6, 6.07) is 11.2. The highest BCUT2D eigenvalue weighted by Crippen LogP contribution is 2.18. The second-order valence-electron chi connectivity index (χ2n) is 5.91. The number of likely N-dealkylation sites (N-methyl/N-ethyl adjacent to an activating group) is 1. The van der Waals surface area contributed by atoms with Crippen molar-refractivity contribution >= 4 is 11.9 Å². The lowest BCUT2D eigenvalue weighted by Gasteiger charge is -2.23. The van der Waals surface area contributed by atoms with E-state index in [1.807, 2.05) is 62.3 Å². The van der Waals surface area contributed by atoms with E-state index in [9.17, 15) is 18.0 Å². The van der Waals surface area contributed by atoms with Crippen molar-refractivity contribution in [1.82, 2.24) is 20.2 Å². The Bertz CT molecular complexity index is 783. The third-order valence-corrected chi connectivity index (χ3v) is 3.39. The van der Waals surface area contributed by atoms with Gasteiger partial charge in [-0.2, -0.15) is 13.2 Å². The number of hydrogen-bond acceptors (Lipinski definition) is 5. The lowest BCUT2D eigenvalue weighted by atomic mass is 10.1. The molecule has 0 aliphatic heterocycles. The molecule has 0 fully saturated rings. The second kappa shape index (κ2) is 10.4. The van der Waals surface area contributed by atoms with Crippen LogP contribution in [0.3, 0.4) is 0 Å². The van der Waals surface area contributed by atoms with Crippen LogP contribution in [-0.2, 0) is 16.1 Å². The third-order valence-electron chi connectivity index (χ3n) is 3.39. The number of rotatable bonds is 5. The number of aromatic nitrogens is 2. The molecule has 0 unspecified atom stereocenters. The van der Waals surface area contributed by atoms with E-state index in [1.165, 1.54) is 0 Å². The summed E-state index contributed by atoms with van der Waals surface area (Å²) in [6.45, 7) is 2.23. The predicted octanol–water partition coefficient (Wildman–Crippen LogP) is 2.34. The Balaban J connectivity index is 0.000000480. The fraction of sp³-hybridized carbons (Fsp3) is 0.333. The average molecular weight is 398 g/mol. The second-order valence-corrected chi connectivity index (χ2v) is 5.91. The number of carbonyl (C=O) groups is 2. The maximum atomic E-state index is 12.4. The van der Waals surface area contributed by atoms with Crippen molar-refractivity contribution in [2.45, 2.75) is 25.7 Å². The number of halogens is 3. The maximum Gasteiger partial charge on any atom is 0.490 e. The van der Waals surface area contributed by atoms with E-state index < -0.39 is 12.1 Å². The Labute approximate surface area is 160 Å². The van der Waals surface area contributed by atoms with Crippen LogP contribution in [0.25, 0.3) is 0 Å². The zero-order chi connectivity index (χ0) is 21.3. The molecule has 0 bridgehead atoms. The highest BCUT2D eigenvalue weighted by Gasteiger charge is 2.38. The SMILES string of the molecule is Cc1ccnc(CNC(=O)[C@@H](c2ccccc2)N(C)C)n1.O=C(O)C(F)(F)F. The van der Waals surface area contributed by atoms with Gasteiger partial charge >= 0.3 is 12.1 Å². The van der Waals surface area contributed by atoms with E-state index in [2.05, 4.69) is 15.3 Å². The summed E-state index contributed by atoms with van der Waals surface area (Å²) < 4.78 is 31.7. The number of nitrogens with one attached hydrogen (secondary N) is 1. The zero-order valence-corrected chi connectivity index (χ0v) is 15.6. The van der Waals surface area contributed by atoms with Crippen LogP contribution in [0.4, 0.5) is 13.2 Å². The summed E-state index contributed by atoms with van der Waals surface area (Å²) in [7, 11) is 3.78. The molecule has 0 aliphatic rings. The van der Waals surface area contributed by atoms with E-state index >= 15 is 0 Å². The van der Waals surface area contributed by atoms with Gasteiger partial charge in [0.2, 0.25) is 5.91 Å². The Hall–Kier alpha value is -3.01. The van der Waals surface area contributed by atoms with Crippen LogP contribution in [-0.4, -0.2) is 52.1 Å². The first-order valence-corrected chi connectivity index (χ1v) is 8.10. The molecule has 2 aromatic rings. The van der Waals surface area contributed by atoms with Gasteiger partial charge in [-0.25, -0.2) is 14.8 Å². The Kier molecular flexibility index (Phi) is 8.52. The Morgan fingerprint density at radius 3 is 2.21 bits per heavy atom. The van der Waals surface area contributed by atoms with Crippen LogP contribution in [0, 0.1) is 6.92 Å². The van der Waals surface area contributed by atoms with E-state index in [0.29, 0.717) is 12.4 Å². The normalized spacial score (nSPS) is 12.0. The fourth-order valence-electron chi connectivity index (χ4n) is 2.17. The molecule has 1 aromatic carbocycles. The molecule has 2 N–H and O–H groups in total. The summed E-state index contributed by atoms with van der Waals surface area (Å²) in [5.41, 5.74) is 1.85. The highest BCUT2D eigenvalue weighted by atomic mass is 19.4. The molecule has 7 nitrogen and oxygen atoms in total. The Morgan fingerprint density at radius 2 is 1.75 bits per heavy atom. The van der Waals surface area contributed by atoms with E-state index in [4.69, 9.17) is 9.90 Å². The molecule has 1 atom stereocenters. The van der Waals surface area contributed by atoms with Crippen LogP contribution < -0.4 is 5.32 Å². The molecule has 1 aromatic heterocycles. The van der Waals surface area contributed by atoms with Gasteiger partial charge in [-0.15, -0.1) is 0 Å². The number of amides is 1. The Morgan fingerprint density at radius 1 is 1.18 bits per heavy atom. The smallest absolute Gasteiger partial charge is 0.475 e. The van der Waals surface area contributed by atoms with Gasteiger partial charge in [0.05, 0.1) is 6.54 Å². The first-order valence-electron chi connectivity index (χ1n) is 8.10. The van der Waals surface area contributed by atoms with Crippen molar-refractivity contribution < 1.29 is 27.9 Å². The molecule has 0 spiro atoms. The highest BCUT2D eigenvalue weighted by molar-refractivity contribution is 5.83. The minimum Gasteiger partial charge on any atom is -0.475 e. The number of carbonyl (C=O) groups excluding carboxylic acids is 1. The summed E-state index contributed by atoms with van der Waals surface area (Å²) in [5.74, 6) is -2.20. The minimum absolute atomic E-state index is 0.0590. The fourth-order valence-corrected chi connectivity index (χ4v) is 2.17. The molecule has 152 valence electrons. The first kappa shape index (κ1) is 23.0. The number of carboxylic acid groups (broad SMARTS) is 1. The van der Waals surface area contributed by atoms with Gasteiger partial charge in [0.15, 0.2) is 0 Å². The number of aliphatic carboxylic acids is 1. The topological polar surface area (TPSA) is 95.4 Å². The molecule has 0 saturated carbocycles. The third kappa shape index (κ3) is 7.70. The monoisotopic (exact) mass is 398 g/mol. The van der Waals surface area contributed by atoms with Gasteiger partial charge in [0, 0.05) is 11.9 Å². The summed E-state index contributed by atoms with van der Waals surface area (Å²) in [4.78, 5) is 31.7. The van der Waals surface area contributed by atoms with Gasteiger partial charge in [-0.1, -0.05) is 30.3 Å². The quantitative estimate of drug-likeness (QED) is 0.803. The summed E-state index contributed by atoms with van der Waals surface area (Å²) in [5, 5.41) is 10.0. The zero-order valence-electron chi connectivity index (χ0n) is 15.6. The van der Waals surface area contributed by atoms with Crippen LogP contribution in [0.2, 0.25) is 0 Å². The standard InChI is InChI=1S/C16H20N4O.C2HF3O2/c1-12-9-10-17-14(19-12)11-18-16(21)15(20(2)3)13-7-5-4-6-8-13;3-2(4,5)1(6)7/h4-10,15H,11H2,1-3H3,(H,18,21);(H,6,7)/t15-;/m1./s1. The minimum atomic E-state index is -5.08. The van der Waals surface area contributed by atoms with Crippen LogP contribution in [0.5, 0.6) is 0 Å². The number of hydrogen-bond donors (Lipinski definition) is 2. The molecule has 2 rings (SSSR count). The number of nitrogens with zero attached hydrogens (tertiary/aromatic N) is 3. The lowest BCUT2D eigenvalue weighted by molar-refractivity contribution is -0.192. The van der Waals surface area contributed by atoms with Gasteiger partial charge in [0.1, 0.15) is 11.9 Å². The van der Waals surface area contributed by atoms with Crippen LogP contribution >= 0.6 is 0 Å². The first-order chi connectivity index (χ1) is 13.0. The largest absolute Gasteiger partial charge is 0.490 e. The van der Waals surface area contributed by atoms with Crippen molar-refractivity contribution in [2.75, 3.05) is 14.1 Å². The molecule has 0 aliphatic carbocycles. The summed E-state index contributed by atoms with van der Waals surface area (Å²) >= 11 is 0. The van der Waals surface area contributed by atoms with Gasteiger partial charge in [0.25, 0.3) is 0 Å². The van der Waals surface area contributed by atoms with E-state index in [0.717, 1.165) is 11.3 Å². The number of aryl methyl sites for hydroxylation is 1. The lowest BCUT2D eigenvalue weighted by Crippen LogP contribution is -2.37. The number of carboxylic acids is 1. The average Bonchev–Trinajstić information content (AvgIpc) is 2.60. The van der Waals surface area contributed by atoms with Crippen molar-refractivity contribution in [3.8, 4) is 0 Å². The predicted molar refractivity (Wildman–Crippen MR) is 95.2 cm³/mol. The van der Waals surface area contributed by atoms with Crippen LogP contribution in [0.15, 0.2) is 42.6 Å². The van der Waals surface area contributed by atoms with Gasteiger partial charge < -0.3 is 10.4 Å². The molecule has 0 radical (unpaired) electrons. The van der Waals surface area contributed by atoms with Crippen molar-refractivity contribution in [3.05, 3.63) is 59.7 Å². The molecule has 1 amide bonds. The van der Waals surface area contributed by atoms with Gasteiger partial charge in [-0.3, -0.25) is 9.69 Å². The van der Waals surface area contributed by atoms with Gasteiger partial charge in [-0.05, 0) is 32.6 Å².